The van der Waals surface area contributed by atoms with E-state index in [1.54, 1.807) is 0 Å². The molecule has 5 aromatic rings. The second-order valence-corrected chi connectivity index (χ2v) is 11.0. The molecule has 0 saturated heterocycles. The highest BCUT2D eigenvalue weighted by Crippen LogP contribution is 2.44. The van der Waals surface area contributed by atoms with E-state index in [-0.39, 0.29) is 16.7 Å². The summed E-state index contributed by atoms with van der Waals surface area (Å²) in [5, 5.41) is 0. The largest absolute Gasteiger partial charge is 0.259 e. The fourth-order valence-electron chi connectivity index (χ4n) is 4.88. The lowest BCUT2D eigenvalue weighted by Crippen LogP contribution is -2.52. The van der Waals surface area contributed by atoms with Gasteiger partial charge in [0.2, 0.25) is 5.82 Å². The van der Waals surface area contributed by atoms with Crippen LogP contribution in [0.25, 0.3) is 10.4 Å². The van der Waals surface area contributed by atoms with Gasteiger partial charge in [-0.2, -0.15) is 0 Å². The zero-order valence-corrected chi connectivity index (χ0v) is 24.2. The van der Waals surface area contributed by atoms with Crippen LogP contribution >= 0.6 is 11.8 Å². The lowest BCUT2D eigenvalue weighted by molar-refractivity contribution is 0.376. The Labute approximate surface area is 269 Å². The number of rotatable bonds is 7. The van der Waals surface area contributed by atoms with Crippen LogP contribution in [0, 0.1) is 87.3 Å². The monoisotopic (exact) mass is 722 g/mol. The molecule has 0 unspecified atom stereocenters. The minimum absolute atomic E-state index is 0.0451. The molecule has 49 heavy (non-hydrogen) atoms. The molecule has 0 amide bonds. The third-order valence-electron chi connectivity index (χ3n) is 7.08. The first kappa shape index (κ1) is 35.5. The summed E-state index contributed by atoms with van der Waals surface area (Å²) in [7, 11) is 0. The maximum atomic E-state index is 15.8. The molecule has 252 valence electrons. The van der Waals surface area contributed by atoms with Gasteiger partial charge in [-0.25, -0.2) is 65.9 Å². The van der Waals surface area contributed by atoms with Crippen molar-refractivity contribution in [1.29, 1.82) is 0 Å². The third-order valence-corrected chi connectivity index (χ3v) is 8.24. The SMILES string of the molecule is Fc1c(F)c(F)c(B(/C(=C(/Sc2ccccc2)c2ccccc2)c2c(F)c(F)c(F)c(F)c2F)c2c(F)c(F)c(F)c(F)c2F)c(F)c1F. The molecule has 0 saturated carbocycles. The van der Waals surface area contributed by atoms with Crippen LogP contribution < -0.4 is 10.9 Å². The van der Waals surface area contributed by atoms with Gasteiger partial charge in [-0.15, -0.1) is 0 Å². The summed E-state index contributed by atoms with van der Waals surface area (Å²) in [5.74, 6) is -43.4. The van der Waals surface area contributed by atoms with Crippen molar-refractivity contribution in [3.63, 3.8) is 0 Å². The number of halogens is 15. The smallest absolute Gasteiger partial charge is 0.204 e. The normalized spacial score (nSPS) is 12.0. The number of thioether (sulfide) groups is 1. The van der Waals surface area contributed by atoms with Crippen molar-refractivity contribution in [3.05, 3.63) is 159 Å². The molecule has 0 radical (unpaired) electrons. The van der Waals surface area contributed by atoms with E-state index >= 15 is 26.3 Å². The quantitative estimate of drug-likeness (QED) is 0.0403. The molecule has 0 bridgehead atoms. The average Bonchev–Trinajstić information content (AvgIpc) is 3.11. The fourth-order valence-corrected chi connectivity index (χ4v) is 5.99. The van der Waals surface area contributed by atoms with Crippen LogP contribution in [0.2, 0.25) is 0 Å². The van der Waals surface area contributed by atoms with Crippen LogP contribution in [-0.4, -0.2) is 6.71 Å². The Hall–Kier alpha value is -4.80. The molecule has 0 spiro atoms. The van der Waals surface area contributed by atoms with Crippen LogP contribution in [0.5, 0.6) is 0 Å². The van der Waals surface area contributed by atoms with Gasteiger partial charge in [0.25, 0.3) is 6.71 Å². The predicted octanol–water partition coefficient (Wildman–Crippen LogP) is 9.28. The van der Waals surface area contributed by atoms with Crippen LogP contribution in [0.1, 0.15) is 11.1 Å². The van der Waals surface area contributed by atoms with E-state index in [1.165, 1.54) is 48.5 Å². The van der Waals surface area contributed by atoms with Gasteiger partial charge in [0.1, 0.15) is 0 Å². The van der Waals surface area contributed by atoms with Crippen LogP contribution in [-0.2, 0) is 0 Å². The van der Waals surface area contributed by atoms with Crippen molar-refractivity contribution in [2.24, 2.45) is 0 Å². The molecule has 0 N–H and O–H groups in total. The summed E-state index contributed by atoms with van der Waals surface area (Å²) >= 11 is 0.237. The Kier molecular flexibility index (Phi) is 9.86. The summed E-state index contributed by atoms with van der Waals surface area (Å²) < 4.78 is 225. The van der Waals surface area contributed by atoms with Gasteiger partial charge >= 0.3 is 0 Å². The van der Waals surface area contributed by atoms with Crippen molar-refractivity contribution in [1.82, 2.24) is 0 Å². The van der Waals surface area contributed by atoms with E-state index in [1.807, 2.05) is 0 Å². The van der Waals surface area contributed by atoms with Crippen molar-refractivity contribution in [2.45, 2.75) is 4.90 Å². The van der Waals surface area contributed by atoms with Crippen LogP contribution in [0.4, 0.5) is 65.9 Å². The van der Waals surface area contributed by atoms with Crippen molar-refractivity contribution in [2.75, 3.05) is 0 Å². The summed E-state index contributed by atoms with van der Waals surface area (Å²) in [5.41, 5.74) is -9.48. The number of benzene rings is 5. The molecule has 0 aliphatic heterocycles. The van der Waals surface area contributed by atoms with Crippen molar-refractivity contribution in [3.8, 4) is 0 Å². The van der Waals surface area contributed by atoms with Crippen LogP contribution in [0.15, 0.2) is 65.6 Å². The topological polar surface area (TPSA) is 0 Å². The zero-order chi connectivity index (χ0) is 36.1. The van der Waals surface area contributed by atoms with E-state index < -0.39 is 126 Å². The van der Waals surface area contributed by atoms with Crippen molar-refractivity contribution < 1.29 is 65.9 Å². The van der Waals surface area contributed by atoms with Gasteiger partial charge in [-0.1, -0.05) is 60.3 Å². The minimum Gasteiger partial charge on any atom is -0.204 e. The Morgan fingerprint density at radius 3 is 1.04 bits per heavy atom. The first-order chi connectivity index (χ1) is 23.1. The highest BCUT2D eigenvalue weighted by Gasteiger charge is 2.45. The molecule has 0 aliphatic carbocycles. The fraction of sp³-hybridized carbons (Fsp3) is 0. The van der Waals surface area contributed by atoms with Gasteiger partial charge in [-0.05, 0) is 23.2 Å². The third kappa shape index (κ3) is 5.93. The van der Waals surface area contributed by atoms with Crippen LogP contribution in [0.3, 0.4) is 0 Å². The van der Waals surface area contributed by atoms with Gasteiger partial charge in [-0.3, -0.25) is 0 Å². The predicted molar refractivity (Wildman–Crippen MR) is 149 cm³/mol. The molecule has 0 fully saturated rings. The van der Waals surface area contributed by atoms with Gasteiger partial charge in [0, 0.05) is 26.3 Å². The molecule has 0 aromatic heterocycles. The average molecular weight is 722 g/mol. The number of hydrogen-bond acceptors (Lipinski definition) is 1. The molecule has 0 atom stereocenters. The highest BCUT2D eigenvalue weighted by molar-refractivity contribution is 8.08. The summed E-state index contributed by atoms with van der Waals surface area (Å²) in [6, 6.07) is 12.2. The summed E-state index contributed by atoms with van der Waals surface area (Å²) in [4.78, 5) is -0.996. The molecule has 17 heteroatoms. The molecular formula is C32H10BF15S. The Morgan fingerprint density at radius 2 is 0.673 bits per heavy atom. The second kappa shape index (κ2) is 13.6. The van der Waals surface area contributed by atoms with E-state index in [0.717, 1.165) is 12.1 Å². The first-order valence-electron chi connectivity index (χ1n) is 13.2. The highest BCUT2D eigenvalue weighted by atomic mass is 32.2. The molecule has 0 aliphatic rings. The number of hydrogen-bond donors (Lipinski definition) is 0. The summed E-state index contributed by atoms with van der Waals surface area (Å²) in [6.07, 6.45) is 0. The maximum absolute atomic E-state index is 15.8. The van der Waals surface area contributed by atoms with Gasteiger partial charge in [0.05, 0.1) is 0 Å². The lowest BCUT2D eigenvalue weighted by Gasteiger charge is -2.26. The Balaban J connectivity index is 2.17. The minimum atomic E-state index is -3.71. The Bertz CT molecular complexity index is 2000. The van der Waals surface area contributed by atoms with Crippen molar-refractivity contribution >= 4 is 39.8 Å². The first-order valence-corrected chi connectivity index (χ1v) is 14.0. The van der Waals surface area contributed by atoms with E-state index in [4.69, 9.17) is 0 Å². The molecular weight excluding hydrogens is 712 g/mol. The molecule has 0 heterocycles. The van der Waals surface area contributed by atoms with E-state index in [0.29, 0.717) is 0 Å². The molecule has 5 aromatic carbocycles. The Morgan fingerprint density at radius 1 is 0.367 bits per heavy atom. The van der Waals surface area contributed by atoms with E-state index in [2.05, 4.69) is 0 Å². The molecule has 5 rings (SSSR count). The van der Waals surface area contributed by atoms with Gasteiger partial charge in [0.15, 0.2) is 81.4 Å². The van der Waals surface area contributed by atoms with Gasteiger partial charge < -0.3 is 0 Å². The lowest BCUT2D eigenvalue weighted by atomic mass is 9.34. The zero-order valence-electron chi connectivity index (χ0n) is 23.4. The second-order valence-electron chi connectivity index (χ2n) is 9.87. The standard InChI is InChI=1S/C32H10BF15S/c34-17-13(18(35)24(41)29(46)23(17)40)14(32(11-7-3-1-4-8-11)49-12-9-5-2-6-10-12)33(15-19(36)25(42)30(47)26(43)20(15)37)16-21(38)27(44)31(48)28(45)22(16)39/h1-10H/b32-14+. The van der Waals surface area contributed by atoms with E-state index in [9.17, 15) is 39.5 Å². The summed E-state index contributed by atoms with van der Waals surface area (Å²) in [6.45, 7) is -3.71. The maximum Gasteiger partial charge on any atom is 0.259 e. The molecule has 0 nitrogen and oxygen atoms in total.